The molecule has 3 rings (SSSR count). The topological polar surface area (TPSA) is 43.4 Å². The van der Waals surface area contributed by atoms with Crippen LogP contribution in [0.3, 0.4) is 0 Å². The maximum atomic E-state index is 12.7. The summed E-state index contributed by atoms with van der Waals surface area (Å²) in [6, 6.07) is 0. The van der Waals surface area contributed by atoms with Gasteiger partial charge in [-0.25, -0.2) is 0 Å². The Bertz CT molecular complexity index is 540. The number of unbranched alkanes of at least 4 members (excludes halogenated alkanes) is 3. The van der Waals surface area contributed by atoms with E-state index in [0.717, 1.165) is 43.4 Å². The number of Topliss-reactive ketones (excluding diaryl/α,β-unsaturated/α-hetero) is 1. The number of hydrogen-bond donors (Lipinski definition) is 0. The van der Waals surface area contributed by atoms with Crippen molar-refractivity contribution in [1.29, 1.82) is 0 Å². The van der Waals surface area contributed by atoms with Crippen LogP contribution in [0.15, 0.2) is 0 Å². The lowest BCUT2D eigenvalue weighted by atomic mass is 9.64. The number of hydrogen-bond acceptors (Lipinski definition) is 3. The first kappa shape index (κ1) is 24.8. The Morgan fingerprint density at radius 1 is 0.742 bits per heavy atom. The highest BCUT2D eigenvalue weighted by molar-refractivity contribution is 5.99. The summed E-state index contributed by atoms with van der Waals surface area (Å²) in [6.07, 6.45) is 21.2. The average Bonchev–Trinajstić information content (AvgIpc) is 2.80. The SMILES string of the molecule is CCCCCC1CCC(C2CCC(C3CCC(C(=O)OCCCC)C(=O)C3)CC2)CC1. The largest absolute Gasteiger partial charge is 0.465 e. The van der Waals surface area contributed by atoms with Crippen molar-refractivity contribution >= 4 is 11.8 Å². The van der Waals surface area contributed by atoms with Gasteiger partial charge in [-0.2, -0.15) is 0 Å². The van der Waals surface area contributed by atoms with Gasteiger partial charge in [-0.1, -0.05) is 58.8 Å². The summed E-state index contributed by atoms with van der Waals surface area (Å²) in [4.78, 5) is 24.9. The van der Waals surface area contributed by atoms with Gasteiger partial charge >= 0.3 is 5.97 Å². The molecule has 3 heteroatoms. The van der Waals surface area contributed by atoms with Gasteiger partial charge in [-0.3, -0.25) is 9.59 Å². The maximum absolute atomic E-state index is 12.7. The van der Waals surface area contributed by atoms with Gasteiger partial charge in [0.1, 0.15) is 11.7 Å². The second-order valence-electron chi connectivity index (χ2n) is 11.0. The molecule has 31 heavy (non-hydrogen) atoms. The fraction of sp³-hybridized carbons (Fsp3) is 0.929. The Morgan fingerprint density at radius 2 is 1.29 bits per heavy atom. The summed E-state index contributed by atoms with van der Waals surface area (Å²) in [7, 11) is 0. The van der Waals surface area contributed by atoms with Crippen LogP contribution in [-0.2, 0) is 14.3 Å². The van der Waals surface area contributed by atoms with E-state index in [4.69, 9.17) is 4.74 Å². The van der Waals surface area contributed by atoms with Crippen molar-refractivity contribution in [3.8, 4) is 0 Å². The second-order valence-corrected chi connectivity index (χ2v) is 11.0. The van der Waals surface area contributed by atoms with Crippen molar-refractivity contribution in [2.75, 3.05) is 6.61 Å². The van der Waals surface area contributed by atoms with Crippen molar-refractivity contribution in [3.05, 3.63) is 0 Å². The van der Waals surface area contributed by atoms with E-state index in [2.05, 4.69) is 13.8 Å². The standard InChI is InChI=1S/C28H48O3/c1-3-5-7-8-21-9-11-22(12-10-21)23-13-15-24(16-14-23)25-17-18-26(27(29)20-25)28(30)31-19-6-4-2/h21-26H,3-20H2,1-2H3. The normalized spacial score (nSPS) is 34.5. The molecule has 0 spiro atoms. The molecule has 0 N–H and O–H groups in total. The summed E-state index contributed by atoms with van der Waals surface area (Å²) in [6.45, 7) is 4.85. The number of ketones is 1. The van der Waals surface area contributed by atoms with Crippen LogP contribution in [0.2, 0.25) is 0 Å². The molecule has 3 aliphatic carbocycles. The van der Waals surface area contributed by atoms with E-state index in [1.165, 1.54) is 77.0 Å². The monoisotopic (exact) mass is 432 g/mol. The Hall–Kier alpha value is -0.860. The zero-order chi connectivity index (χ0) is 22.1. The molecule has 3 saturated carbocycles. The van der Waals surface area contributed by atoms with Crippen molar-refractivity contribution in [2.45, 2.75) is 123 Å². The minimum absolute atomic E-state index is 0.154. The smallest absolute Gasteiger partial charge is 0.316 e. The molecule has 2 unspecified atom stereocenters. The van der Waals surface area contributed by atoms with Gasteiger partial charge in [0.05, 0.1) is 6.61 Å². The average molecular weight is 433 g/mol. The molecule has 3 fully saturated rings. The van der Waals surface area contributed by atoms with Crippen LogP contribution in [0.1, 0.15) is 123 Å². The van der Waals surface area contributed by atoms with Gasteiger partial charge in [0, 0.05) is 6.42 Å². The third-order valence-electron chi connectivity index (χ3n) is 8.96. The first-order valence-electron chi connectivity index (χ1n) is 13.8. The summed E-state index contributed by atoms with van der Waals surface area (Å²) in [5.74, 6) is 3.57. The van der Waals surface area contributed by atoms with Crippen LogP contribution >= 0.6 is 0 Å². The zero-order valence-corrected chi connectivity index (χ0v) is 20.4. The Kier molecular flexibility index (Phi) is 10.4. The summed E-state index contributed by atoms with van der Waals surface area (Å²) >= 11 is 0. The molecule has 0 aromatic heterocycles. The van der Waals surface area contributed by atoms with Gasteiger partial charge in [0.15, 0.2) is 0 Å². The molecule has 0 aromatic carbocycles. The first-order valence-corrected chi connectivity index (χ1v) is 13.8. The van der Waals surface area contributed by atoms with Gasteiger partial charge < -0.3 is 4.74 Å². The third-order valence-corrected chi connectivity index (χ3v) is 8.96. The van der Waals surface area contributed by atoms with E-state index in [0.29, 0.717) is 24.9 Å². The van der Waals surface area contributed by atoms with Gasteiger partial charge in [0.2, 0.25) is 0 Å². The maximum Gasteiger partial charge on any atom is 0.316 e. The highest BCUT2D eigenvalue weighted by atomic mass is 16.5. The van der Waals surface area contributed by atoms with Crippen molar-refractivity contribution in [2.24, 2.45) is 35.5 Å². The Morgan fingerprint density at radius 3 is 1.87 bits per heavy atom. The minimum Gasteiger partial charge on any atom is -0.465 e. The number of esters is 1. The van der Waals surface area contributed by atoms with E-state index in [9.17, 15) is 9.59 Å². The second kappa shape index (κ2) is 13.0. The molecule has 0 aliphatic heterocycles. The van der Waals surface area contributed by atoms with Crippen molar-refractivity contribution in [1.82, 2.24) is 0 Å². The first-order chi connectivity index (χ1) is 15.1. The molecule has 0 saturated heterocycles. The molecule has 0 aromatic rings. The molecule has 0 radical (unpaired) electrons. The number of carbonyl (C=O) groups excluding carboxylic acids is 2. The van der Waals surface area contributed by atoms with Crippen LogP contribution in [0.4, 0.5) is 0 Å². The van der Waals surface area contributed by atoms with Gasteiger partial charge in [-0.05, 0) is 87.4 Å². The molecule has 0 heterocycles. The Labute approximate surface area is 191 Å². The molecular weight excluding hydrogens is 384 g/mol. The van der Waals surface area contributed by atoms with E-state index in [-0.39, 0.29) is 11.8 Å². The fourth-order valence-corrected chi connectivity index (χ4v) is 6.83. The number of rotatable bonds is 10. The highest BCUT2D eigenvalue weighted by Crippen LogP contribution is 2.46. The van der Waals surface area contributed by atoms with Crippen LogP contribution < -0.4 is 0 Å². The van der Waals surface area contributed by atoms with E-state index in [1.807, 2.05) is 0 Å². The van der Waals surface area contributed by atoms with Crippen LogP contribution in [0.25, 0.3) is 0 Å². The van der Waals surface area contributed by atoms with Crippen LogP contribution in [0.5, 0.6) is 0 Å². The molecule has 3 nitrogen and oxygen atoms in total. The van der Waals surface area contributed by atoms with Gasteiger partial charge in [-0.15, -0.1) is 0 Å². The molecule has 2 atom stereocenters. The molecule has 0 bridgehead atoms. The lowest BCUT2D eigenvalue weighted by Crippen LogP contribution is -2.36. The summed E-state index contributed by atoms with van der Waals surface area (Å²) in [5.41, 5.74) is 0. The lowest BCUT2D eigenvalue weighted by Gasteiger charge is -2.41. The quantitative estimate of drug-likeness (QED) is 0.204. The fourth-order valence-electron chi connectivity index (χ4n) is 6.83. The summed E-state index contributed by atoms with van der Waals surface area (Å²) < 4.78 is 5.33. The van der Waals surface area contributed by atoms with Gasteiger partial charge in [0.25, 0.3) is 0 Å². The number of ether oxygens (including phenoxy) is 1. The highest BCUT2D eigenvalue weighted by Gasteiger charge is 2.39. The molecule has 3 aliphatic rings. The van der Waals surface area contributed by atoms with Crippen LogP contribution in [-0.4, -0.2) is 18.4 Å². The number of carbonyl (C=O) groups is 2. The Balaban J connectivity index is 1.35. The van der Waals surface area contributed by atoms with E-state index < -0.39 is 5.92 Å². The third kappa shape index (κ3) is 7.32. The van der Waals surface area contributed by atoms with Crippen LogP contribution in [0, 0.1) is 35.5 Å². The van der Waals surface area contributed by atoms with E-state index in [1.54, 1.807) is 0 Å². The molecular formula is C28H48O3. The van der Waals surface area contributed by atoms with Crippen molar-refractivity contribution in [3.63, 3.8) is 0 Å². The minimum atomic E-state index is -0.475. The lowest BCUT2D eigenvalue weighted by molar-refractivity contribution is -0.154. The predicted molar refractivity (Wildman–Crippen MR) is 127 cm³/mol. The van der Waals surface area contributed by atoms with Crippen molar-refractivity contribution < 1.29 is 14.3 Å². The predicted octanol–water partition coefficient (Wildman–Crippen LogP) is 7.51. The van der Waals surface area contributed by atoms with E-state index >= 15 is 0 Å². The molecule has 0 amide bonds. The zero-order valence-electron chi connectivity index (χ0n) is 20.4. The summed E-state index contributed by atoms with van der Waals surface area (Å²) in [5, 5.41) is 0. The molecule has 178 valence electrons.